The van der Waals surface area contributed by atoms with E-state index in [2.05, 4.69) is 15.1 Å². The smallest absolute Gasteiger partial charge is 0.267 e. The van der Waals surface area contributed by atoms with Crippen LogP contribution in [-0.2, 0) is 0 Å². The maximum Gasteiger partial charge on any atom is 0.267 e. The highest BCUT2D eigenvalue weighted by Gasteiger charge is 2.18. The van der Waals surface area contributed by atoms with Crippen molar-refractivity contribution in [3.05, 3.63) is 58.7 Å². The third-order valence-corrected chi connectivity index (χ3v) is 3.45. The standard InChI is InChI=1S/C15H11Cl2N3O2/c1-9(21-13-7-11(16)4-5-12(13)17)15-19-14(20-22-15)10-3-2-6-18-8-10/h2-9H,1H3/t9-/m0/s1. The van der Waals surface area contributed by atoms with Crippen molar-refractivity contribution >= 4 is 23.2 Å². The van der Waals surface area contributed by atoms with E-state index in [1.165, 1.54) is 0 Å². The van der Waals surface area contributed by atoms with Crippen molar-refractivity contribution in [2.75, 3.05) is 0 Å². The zero-order chi connectivity index (χ0) is 15.5. The van der Waals surface area contributed by atoms with Gasteiger partial charge in [-0.25, -0.2) is 0 Å². The van der Waals surface area contributed by atoms with Gasteiger partial charge in [0.25, 0.3) is 5.89 Å². The van der Waals surface area contributed by atoms with E-state index in [1.807, 2.05) is 6.07 Å². The Morgan fingerprint density at radius 3 is 2.86 bits per heavy atom. The summed E-state index contributed by atoms with van der Waals surface area (Å²) in [5.74, 6) is 1.26. The minimum atomic E-state index is -0.464. The number of pyridine rings is 1. The molecule has 0 spiro atoms. The molecule has 3 aromatic rings. The summed E-state index contributed by atoms with van der Waals surface area (Å²) in [6, 6.07) is 8.65. The molecule has 1 aromatic carbocycles. The molecule has 0 bridgehead atoms. The Morgan fingerprint density at radius 2 is 2.09 bits per heavy atom. The SMILES string of the molecule is C[C@H](Oc1cc(Cl)ccc1Cl)c1nc(-c2cccnc2)no1. The highest BCUT2D eigenvalue weighted by Crippen LogP contribution is 2.31. The van der Waals surface area contributed by atoms with Crippen molar-refractivity contribution in [2.45, 2.75) is 13.0 Å². The molecule has 0 saturated carbocycles. The number of rotatable bonds is 4. The molecule has 2 aromatic heterocycles. The van der Waals surface area contributed by atoms with Gasteiger partial charge in [-0.1, -0.05) is 28.4 Å². The molecular formula is C15H11Cl2N3O2. The van der Waals surface area contributed by atoms with Crippen LogP contribution in [0.5, 0.6) is 5.75 Å². The van der Waals surface area contributed by atoms with Crippen molar-refractivity contribution in [2.24, 2.45) is 0 Å². The van der Waals surface area contributed by atoms with E-state index >= 15 is 0 Å². The van der Waals surface area contributed by atoms with Gasteiger partial charge in [0.05, 0.1) is 5.02 Å². The lowest BCUT2D eigenvalue weighted by Crippen LogP contribution is -2.04. The normalized spacial score (nSPS) is 12.1. The first kappa shape index (κ1) is 14.8. The van der Waals surface area contributed by atoms with E-state index in [0.717, 1.165) is 5.56 Å². The molecule has 2 heterocycles. The molecule has 0 unspecified atom stereocenters. The van der Waals surface area contributed by atoms with E-state index in [0.29, 0.717) is 27.5 Å². The fraction of sp³-hybridized carbons (Fsp3) is 0.133. The number of ether oxygens (including phenoxy) is 1. The van der Waals surface area contributed by atoms with Crippen LogP contribution in [0.1, 0.15) is 18.9 Å². The second-order valence-electron chi connectivity index (χ2n) is 4.53. The number of benzene rings is 1. The van der Waals surface area contributed by atoms with Crippen LogP contribution in [0.25, 0.3) is 11.4 Å². The molecule has 0 aliphatic rings. The van der Waals surface area contributed by atoms with Crippen LogP contribution in [0, 0.1) is 0 Å². The number of hydrogen-bond donors (Lipinski definition) is 0. The second kappa shape index (κ2) is 6.34. The lowest BCUT2D eigenvalue weighted by molar-refractivity contribution is 0.176. The van der Waals surface area contributed by atoms with Crippen LogP contribution in [0.2, 0.25) is 10.0 Å². The first-order valence-corrected chi connectivity index (χ1v) is 7.25. The summed E-state index contributed by atoms with van der Waals surface area (Å²) in [5.41, 5.74) is 0.769. The van der Waals surface area contributed by atoms with Crippen LogP contribution >= 0.6 is 23.2 Å². The minimum absolute atomic E-state index is 0.342. The zero-order valence-corrected chi connectivity index (χ0v) is 13.0. The predicted octanol–water partition coefficient (Wildman–Crippen LogP) is 4.58. The highest BCUT2D eigenvalue weighted by molar-refractivity contribution is 6.34. The summed E-state index contributed by atoms with van der Waals surface area (Å²) in [6.07, 6.45) is 2.87. The van der Waals surface area contributed by atoms with Gasteiger partial charge in [-0.05, 0) is 31.2 Å². The van der Waals surface area contributed by atoms with E-state index in [4.69, 9.17) is 32.5 Å². The van der Waals surface area contributed by atoms with E-state index < -0.39 is 6.10 Å². The summed E-state index contributed by atoms with van der Waals surface area (Å²) in [7, 11) is 0. The van der Waals surface area contributed by atoms with Crippen molar-refractivity contribution in [1.82, 2.24) is 15.1 Å². The Balaban J connectivity index is 1.80. The van der Waals surface area contributed by atoms with Gasteiger partial charge in [0, 0.05) is 29.0 Å². The van der Waals surface area contributed by atoms with Crippen molar-refractivity contribution in [1.29, 1.82) is 0 Å². The van der Waals surface area contributed by atoms with Gasteiger partial charge in [-0.2, -0.15) is 4.98 Å². The van der Waals surface area contributed by atoms with Crippen molar-refractivity contribution < 1.29 is 9.26 Å². The Morgan fingerprint density at radius 1 is 1.23 bits per heavy atom. The Bertz CT molecular complexity index is 777. The molecule has 7 heteroatoms. The average Bonchev–Trinajstić information content (AvgIpc) is 3.02. The fourth-order valence-electron chi connectivity index (χ4n) is 1.82. The predicted molar refractivity (Wildman–Crippen MR) is 83.0 cm³/mol. The zero-order valence-electron chi connectivity index (χ0n) is 11.5. The van der Waals surface area contributed by atoms with Crippen LogP contribution in [0.3, 0.4) is 0 Å². The van der Waals surface area contributed by atoms with Crippen LogP contribution in [-0.4, -0.2) is 15.1 Å². The van der Waals surface area contributed by atoms with Gasteiger partial charge in [0.15, 0.2) is 6.10 Å². The molecule has 0 radical (unpaired) electrons. The number of nitrogens with zero attached hydrogens (tertiary/aromatic N) is 3. The maximum atomic E-state index is 6.07. The number of halogens is 2. The first-order valence-electron chi connectivity index (χ1n) is 6.49. The Hall–Kier alpha value is -2.11. The van der Waals surface area contributed by atoms with Gasteiger partial charge in [-0.3, -0.25) is 4.98 Å². The first-order chi connectivity index (χ1) is 10.6. The Labute approximate surface area is 136 Å². The summed E-state index contributed by atoms with van der Waals surface area (Å²) in [6.45, 7) is 1.79. The van der Waals surface area contributed by atoms with Crippen LogP contribution in [0.4, 0.5) is 0 Å². The number of hydrogen-bond acceptors (Lipinski definition) is 5. The third kappa shape index (κ3) is 3.21. The maximum absolute atomic E-state index is 6.07. The van der Waals surface area contributed by atoms with E-state index in [9.17, 15) is 0 Å². The molecular weight excluding hydrogens is 325 g/mol. The highest BCUT2D eigenvalue weighted by atomic mass is 35.5. The Kier molecular flexibility index (Phi) is 4.27. The molecule has 3 rings (SSSR count). The second-order valence-corrected chi connectivity index (χ2v) is 5.38. The molecule has 0 aliphatic heterocycles. The lowest BCUT2D eigenvalue weighted by atomic mass is 10.3. The van der Waals surface area contributed by atoms with E-state index in [1.54, 1.807) is 43.6 Å². The lowest BCUT2D eigenvalue weighted by Gasteiger charge is -2.12. The van der Waals surface area contributed by atoms with Gasteiger partial charge in [0.1, 0.15) is 5.75 Å². The molecule has 1 atom stereocenters. The topological polar surface area (TPSA) is 61.0 Å². The van der Waals surface area contributed by atoms with Crippen LogP contribution < -0.4 is 4.74 Å². The fourth-order valence-corrected chi connectivity index (χ4v) is 2.15. The average molecular weight is 336 g/mol. The van der Waals surface area contributed by atoms with E-state index in [-0.39, 0.29) is 0 Å². The molecule has 112 valence electrons. The van der Waals surface area contributed by atoms with Gasteiger partial charge >= 0.3 is 0 Å². The molecule has 0 amide bonds. The summed E-state index contributed by atoms with van der Waals surface area (Å²) in [5, 5.41) is 4.92. The molecule has 0 fully saturated rings. The largest absolute Gasteiger partial charge is 0.479 e. The molecule has 0 N–H and O–H groups in total. The molecule has 5 nitrogen and oxygen atoms in total. The minimum Gasteiger partial charge on any atom is -0.479 e. The van der Waals surface area contributed by atoms with Gasteiger partial charge in [0.2, 0.25) is 5.82 Å². The van der Waals surface area contributed by atoms with Crippen molar-refractivity contribution in [3.8, 4) is 17.1 Å². The number of aromatic nitrogens is 3. The van der Waals surface area contributed by atoms with Crippen molar-refractivity contribution in [3.63, 3.8) is 0 Å². The van der Waals surface area contributed by atoms with Crippen LogP contribution in [0.15, 0.2) is 47.2 Å². The molecule has 0 aliphatic carbocycles. The third-order valence-electron chi connectivity index (χ3n) is 2.91. The summed E-state index contributed by atoms with van der Waals surface area (Å²) >= 11 is 12.0. The summed E-state index contributed by atoms with van der Waals surface area (Å²) in [4.78, 5) is 8.33. The van der Waals surface area contributed by atoms with Gasteiger partial charge < -0.3 is 9.26 Å². The summed E-state index contributed by atoms with van der Waals surface area (Å²) < 4.78 is 11.0. The quantitative estimate of drug-likeness (QED) is 0.698. The molecule has 22 heavy (non-hydrogen) atoms. The monoisotopic (exact) mass is 335 g/mol. The molecule has 0 saturated heterocycles. The van der Waals surface area contributed by atoms with Gasteiger partial charge in [-0.15, -0.1) is 0 Å².